The standard InChI is InChI=1S/C27H39N9O2/c1-18-22(6-7-23(30-18)36-10-8-21(9-11-36)35-12-14-38-15-13-35)32-27-33-25-24(28-17-29-25)26(34-27)31-20-4-2-19(16-37)3-5-20/h6-7,17,19-21,37H,2-5,8-16H2,1H3,(H3,28,29,31,32,33,34)/t19-,20-. The monoisotopic (exact) mass is 521 g/mol. The van der Waals surface area contributed by atoms with Gasteiger partial charge in [-0.2, -0.15) is 9.97 Å². The number of morpholine rings is 1. The van der Waals surface area contributed by atoms with Gasteiger partial charge in [0.1, 0.15) is 11.3 Å². The van der Waals surface area contributed by atoms with Crippen LogP contribution in [0.2, 0.25) is 0 Å². The van der Waals surface area contributed by atoms with Gasteiger partial charge < -0.3 is 30.4 Å². The molecule has 3 fully saturated rings. The number of piperidine rings is 1. The predicted molar refractivity (Wildman–Crippen MR) is 148 cm³/mol. The summed E-state index contributed by atoms with van der Waals surface area (Å²) in [6, 6.07) is 5.14. The van der Waals surface area contributed by atoms with E-state index in [1.165, 1.54) is 0 Å². The van der Waals surface area contributed by atoms with E-state index in [0.29, 0.717) is 29.6 Å². The van der Waals surface area contributed by atoms with Gasteiger partial charge in [-0.25, -0.2) is 9.97 Å². The van der Waals surface area contributed by atoms with Crippen LogP contribution in [-0.4, -0.2) is 93.0 Å². The van der Waals surface area contributed by atoms with Gasteiger partial charge in [-0.3, -0.25) is 4.90 Å². The number of nitrogens with one attached hydrogen (secondary N) is 3. The van der Waals surface area contributed by atoms with Crippen LogP contribution in [-0.2, 0) is 4.74 Å². The van der Waals surface area contributed by atoms with Gasteiger partial charge in [-0.05, 0) is 63.5 Å². The molecule has 3 aliphatic rings. The Morgan fingerprint density at radius 1 is 1.00 bits per heavy atom. The highest BCUT2D eigenvalue weighted by molar-refractivity contribution is 5.84. The molecule has 0 unspecified atom stereocenters. The second-order valence-electron chi connectivity index (χ2n) is 10.8. The first-order valence-corrected chi connectivity index (χ1v) is 14.1. The lowest BCUT2D eigenvalue weighted by Crippen LogP contribution is -2.49. The molecule has 204 valence electrons. The molecule has 0 bridgehead atoms. The number of rotatable bonds is 7. The summed E-state index contributed by atoms with van der Waals surface area (Å²) in [5.41, 5.74) is 3.25. The van der Waals surface area contributed by atoms with E-state index < -0.39 is 0 Å². The molecule has 4 N–H and O–H groups in total. The van der Waals surface area contributed by atoms with Crippen LogP contribution in [0.4, 0.5) is 23.3 Å². The van der Waals surface area contributed by atoms with Crippen LogP contribution in [0.25, 0.3) is 11.2 Å². The van der Waals surface area contributed by atoms with E-state index in [2.05, 4.69) is 47.5 Å². The lowest BCUT2D eigenvalue weighted by Gasteiger charge is -2.40. The fraction of sp³-hybridized carbons (Fsp3) is 0.630. The van der Waals surface area contributed by atoms with E-state index >= 15 is 0 Å². The van der Waals surface area contributed by atoms with Gasteiger partial charge in [0.2, 0.25) is 5.95 Å². The number of anilines is 4. The van der Waals surface area contributed by atoms with Crippen LogP contribution in [0.15, 0.2) is 18.5 Å². The molecule has 2 saturated heterocycles. The van der Waals surface area contributed by atoms with Crippen molar-refractivity contribution in [1.29, 1.82) is 0 Å². The lowest BCUT2D eigenvalue weighted by atomic mass is 9.86. The van der Waals surface area contributed by atoms with Gasteiger partial charge in [0, 0.05) is 44.9 Å². The summed E-state index contributed by atoms with van der Waals surface area (Å²) >= 11 is 0. The van der Waals surface area contributed by atoms with Crippen molar-refractivity contribution >= 4 is 34.4 Å². The van der Waals surface area contributed by atoms with Crippen LogP contribution in [0.5, 0.6) is 0 Å². The Labute approximate surface area is 223 Å². The van der Waals surface area contributed by atoms with Crippen molar-refractivity contribution in [2.75, 3.05) is 61.5 Å². The van der Waals surface area contributed by atoms with Crippen molar-refractivity contribution in [3.63, 3.8) is 0 Å². The molecule has 0 amide bonds. The third-order valence-electron chi connectivity index (χ3n) is 8.39. The number of ether oxygens (including phenoxy) is 1. The molecule has 3 aromatic heterocycles. The molecule has 38 heavy (non-hydrogen) atoms. The molecule has 11 heteroatoms. The third kappa shape index (κ3) is 5.55. The minimum Gasteiger partial charge on any atom is -0.396 e. The summed E-state index contributed by atoms with van der Waals surface area (Å²) < 4.78 is 5.52. The van der Waals surface area contributed by atoms with E-state index in [-0.39, 0.29) is 6.61 Å². The van der Waals surface area contributed by atoms with Crippen molar-refractivity contribution in [2.24, 2.45) is 5.92 Å². The second kappa shape index (κ2) is 11.4. The maximum atomic E-state index is 9.45. The van der Waals surface area contributed by atoms with Crippen LogP contribution in [0, 0.1) is 12.8 Å². The molecule has 5 heterocycles. The summed E-state index contributed by atoms with van der Waals surface area (Å²) in [6.07, 6.45) is 8.05. The van der Waals surface area contributed by atoms with E-state index in [1.807, 2.05) is 6.92 Å². The van der Waals surface area contributed by atoms with E-state index in [0.717, 1.165) is 106 Å². The Morgan fingerprint density at radius 3 is 2.53 bits per heavy atom. The highest BCUT2D eigenvalue weighted by atomic mass is 16.5. The van der Waals surface area contributed by atoms with Gasteiger partial charge >= 0.3 is 0 Å². The average molecular weight is 522 g/mol. The van der Waals surface area contributed by atoms with Crippen molar-refractivity contribution in [3.8, 4) is 0 Å². The minimum absolute atomic E-state index is 0.275. The maximum Gasteiger partial charge on any atom is 0.231 e. The minimum atomic E-state index is 0.275. The zero-order chi connectivity index (χ0) is 25.9. The summed E-state index contributed by atoms with van der Waals surface area (Å²) in [6.45, 7) is 8.17. The number of nitrogens with zero attached hydrogens (tertiary/aromatic N) is 6. The van der Waals surface area contributed by atoms with Crippen molar-refractivity contribution < 1.29 is 9.84 Å². The Hall–Kier alpha value is -3.02. The summed E-state index contributed by atoms with van der Waals surface area (Å²) in [7, 11) is 0. The highest BCUT2D eigenvalue weighted by Gasteiger charge is 2.27. The van der Waals surface area contributed by atoms with Gasteiger partial charge in [0.25, 0.3) is 0 Å². The van der Waals surface area contributed by atoms with Crippen LogP contribution < -0.4 is 15.5 Å². The number of H-pyrrole nitrogens is 1. The highest BCUT2D eigenvalue weighted by Crippen LogP contribution is 2.29. The summed E-state index contributed by atoms with van der Waals surface area (Å²) in [4.78, 5) is 26.9. The summed E-state index contributed by atoms with van der Waals surface area (Å²) in [5, 5.41) is 16.4. The van der Waals surface area contributed by atoms with Crippen LogP contribution in [0.3, 0.4) is 0 Å². The number of aliphatic hydroxyl groups excluding tert-OH is 1. The predicted octanol–water partition coefficient (Wildman–Crippen LogP) is 3.06. The first kappa shape index (κ1) is 25.3. The van der Waals surface area contributed by atoms with Crippen LogP contribution in [0.1, 0.15) is 44.2 Å². The number of hydrogen-bond acceptors (Lipinski definition) is 10. The molecular weight excluding hydrogens is 482 g/mol. The topological polar surface area (TPSA) is 127 Å². The molecule has 3 aromatic rings. The van der Waals surface area contributed by atoms with E-state index in [4.69, 9.17) is 14.7 Å². The molecule has 0 spiro atoms. The number of aryl methyl sites for hydroxylation is 1. The van der Waals surface area contributed by atoms with Gasteiger partial charge in [0.15, 0.2) is 11.5 Å². The van der Waals surface area contributed by atoms with Crippen molar-refractivity contribution in [2.45, 2.75) is 57.5 Å². The number of aliphatic hydroxyl groups is 1. The quantitative estimate of drug-likeness (QED) is 0.368. The number of hydrogen-bond donors (Lipinski definition) is 4. The maximum absolute atomic E-state index is 9.45. The SMILES string of the molecule is Cc1nc(N2CCC(N3CCOCC3)CC2)ccc1Nc1nc(N[C@H]2CC[C@H](CO)CC2)c2nc[nH]c2n1. The number of pyridine rings is 1. The van der Waals surface area contributed by atoms with Crippen molar-refractivity contribution in [1.82, 2.24) is 29.8 Å². The largest absolute Gasteiger partial charge is 0.396 e. The Balaban J connectivity index is 1.12. The first-order valence-electron chi connectivity index (χ1n) is 14.1. The molecule has 0 radical (unpaired) electrons. The zero-order valence-electron chi connectivity index (χ0n) is 22.2. The lowest BCUT2D eigenvalue weighted by molar-refractivity contribution is 0.0115. The number of imidazole rings is 1. The molecule has 0 aromatic carbocycles. The molecular formula is C27H39N9O2. The van der Waals surface area contributed by atoms with E-state index in [1.54, 1.807) is 6.33 Å². The Kier molecular flexibility index (Phi) is 7.57. The zero-order valence-corrected chi connectivity index (χ0v) is 22.2. The van der Waals surface area contributed by atoms with Crippen molar-refractivity contribution in [3.05, 3.63) is 24.2 Å². The third-order valence-corrected chi connectivity index (χ3v) is 8.39. The molecule has 2 aliphatic heterocycles. The average Bonchev–Trinajstić information content (AvgIpc) is 3.44. The van der Waals surface area contributed by atoms with Gasteiger partial charge in [-0.15, -0.1) is 0 Å². The molecule has 1 saturated carbocycles. The second-order valence-corrected chi connectivity index (χ2v) is 10.8. The van der Waals surface area contributed by atoms with Crippen LogP contribution >= 0.6 is 0 Å². The smallest absolute Gasteiger partial charge is 0.231 e. The molecule has 0 atom stereocenters. The van der Waals surface area contributed by atoms with E-state index in [9.17, 15) is 5.11 Å². The molecule has 6 rings (SSSR count). The first-order chi connectivity index (χ1) is 18.7. The van der Waals surface area contributed by atoms with Gasteiger partial charge in [-0.1, -0.05) is 0 Å². The fourth-order valence-electron chi connectivity index (χ4n) is 6.05. The molecule has 1 aliphatic carbocycles. The number of aromatic nitrogens is 5. The number of fused-ring (bicyclic) bond motifs is 1. The summed E-state index contributed by atoms with van der Waals surface area (Å²) in [5.74, 6) is 2.68. The normalized spacial score (nSPS) is 23.6. The molecule has 11 nitrogen and oxygen atoms in total. The van der Waals surface area contributed by atoms with Gasteiger partial charge in [0.05, 0.1) is 30.9 Å². The Morgan fingerprint density at radius 2 is 1.79 bits per heavy atom. The number of aromatic amines is 1. The fourth-order valence-corrected chi connectivity index (χ4v) is 6.05. The Bertz CT molecular complexity index is 1210.